The van der Waals surface area contributed by atoms with E-state index in [9.17, 15) is 0 Å². The standard InChI is InChI=1S/C15H21/c1-7-12(3)13-10-11(2)8-9-14(13)15(4,5)6/h7-10H,1H2,2-6H3. The topological polar surface area (TPSA) is 0 Å². The second-order valence-corrected chi connectivity index (χ2v) is 5.19. The van der Waals surface area contributed by atoms with Gasteiger partial charge in [-0.2, -0.15) is 0 Å². The fourth-order valence-electron chi connectivity index (χ4n) is 1.75. The highest BCUT2D eigenvalue weighted by Gasteiger charge is 2.19. The van der Waals surface area contributed by atoms with Crippen LogP contribution in [0.4, 0.5) is 0 Å². The van der Waals surface area contributed by atoms with Crippen LogP contribution in [0.15, 0.2) is 30.9 Å². The molecule has 0 aliphatic carbocycles. The molecule has 0 fully saturated rings. The van der Waals surface area contributed by atoms with Gasteiger partial charge in [0.15, 0.2) is 0 Å². The number of hydrogen-bond acceptors (Lipinski definition) is 0. The van der Waals surface area contributed by atoms with Gasteiger partial charge in [-0.25, -0.2) is 0 Å². The molecule has 0 heterocycles. The van der Waals surface area contributed by atoms with Crippen molar-refractivity contribution in [2.45, 2.75) is 40.0 Å². The van der Waals surface area contributed by atoms with E-state index in [1.54, 1.807) is 0 Å². The number of aryl methyl sites for hydroxylation is 1. The third kappa shape index (κ3) is 2.71. The van der Waals surface area contributed by atoms with E-state index in [0.29, 0.717) is 0 Å². The van der Waals surface area contributed by atoms with E-state index >= 15 is 0 Å². The summed E-state index contributed by atoms with van der Waals surface area (Å²) in [5, 5.41) is 0. The average Bonchev–Trinajstić information content (AvgIpc) is 2.14. The normalized spacial score (nSPS) is 11.9. The van der Waals surface area contributed by atoms with Crippen LogP contribution in [0.5, 0.6) is 0 Å². The van der Waals surface area contributed by atoms with Gasteiger partial charge in [0, 0.05) is 5.92 Å². The van der Waals surface area contributed by atoms with Crippen molar-refractivity contribution in [2.75, 3.05) is 0 Å². The Morgan fingerprint density at radius 3 is 2.33 bits per heavy atom. The smallest absolute Gasteiger partial charge is 0.0233 e. The molecule has 0 nitrogen and oxygen atoms in total. The van der Waals surface area contributed by atoms with Crippen LogP contribution in [-0.2, 0) is 5.41 Å². The second-order valence-electron chi connectivity index (χ2n) is 5.19. The molecule has 0 unspecified atom stereocenters. The zero-order valence-corrected chi connectivity index (χ0v) is 10.5. The maximum atomic E-state index is 3.85. The molecule has 0 atom stereocenters. The first kappa shape index (κ1) is 12.0. The van der Waals surface area contributed by atoms with Gasteiger partial charge in [0.05, 0.1) is 0 Å². The fraction of sp³-hybridized carbons (Fsp3) is 0.400. The molecule has 0 saturated carbocycles. The minimum absolute atomic E-state index is 0.188. The van der Waals surface area contributed by atoms with Gasteiger partial charge in [0.25, 0.3) is 0 Å². The van der Waals surface area contributed by atoms with Crippen LogP contribution in [-0.4, -0.2) is 0 Å². The molecule has 1 rings (SSSR count). The minimum atomic E-state index is 0.188. The summed E-state index contributed by atoms with van der Waals surface area (Å²) in [4.78, 5) is 0. The lowest BCUT2D eigenvalue weighted by molar-refractivity contribution is 0.585. The Balaban J connectivity index is 3.33. The predicted octanol–water partition coefficient (Wildman–Crippen LogP) is 4.42. The van der Waals surface area contributed by atoms with E-state index < -0.39 is 0 Å². The average molecular weight is 201 g/mol. The van der Waals surface area contributed by atoms with Crippen LogP contribution in [0.25, 0.3) is 0 Å². The van der Waals surface area contributed by atoms with Crippen molar-refractivity contribution in [3.8, 4) is 0 Å². The monoisotopic (exact) mass is 201 g/mol. The molecular weight excluding hydrogens is 180 g/mol. The number of benzene rings is 1. The molecule has 15 heavy (non-hydrogen) atoms. The summed E-state index contributed by atoms with van der Waals surface area (Å²) in [5.41, 5.74) is 4.22. The summed E-state index contributed by atoms with van der Waals surface area (Å²) in [6.07, 6.45) is 1.93. The van der Waals surface area contributed by atoms with Crippen LogP contribution in [0, 0.1) is 12.8 Å². The highest BCUT2D eigenvalue weighted by molar-refractivity contribution is 5.46. The quantitative estimate of drug-likeness (QED) is 0.664. The Kier molecular flexibility index (Phi) is 3.38. The molecule has 0 bridgehead atoms. The third-order valence-electron chi connectivity index (χ3n) is 2.71. The van der Waals surface area contributed by atoms with Crippen molar-refractivity contribution in [1.29, 1.82) is 0 Å². The zero-order chi connectivity index (χ0) is 11.6. The zero-order valence-electron chi connectivity index (χ0n) is 10.5. The fourth-order valence-corrected chi connectivity index (χ4v) is 1.75. The van der Waals surface area contributed by atoms with E-state index in [2.05, 4.69) is 59.4 Å². The molecule has 0 N–H and O–H groups in total. The first-order valence-corrected chi connectivity index (χ1v) is 5.43. The number of allylic oxidation sites excluding steroid dienone is 1. The molecule has 0 aliphatic rings. The van der Waals surface area contributed by atoms with Gasteiger partial charge in [-0.3, -0.25) is 0 Å². The Morgan fingerprint density at radius 1 is 1.27 bits per heavy atom. The van der Waals surface area contributed by atoms with Crippen molar-refractivity contribution < 1.29 is 0 Å². The number of hydrogen-bond donors (Lipinski definition) is 0. The van der Waals surface area contributed by atoms with Crippen molar-refractivity contribution in [3.05, 3.63) is 53.5 Å². The summed E-state index contributed by atoms with van der Waals surface area (Å²) in [6, 6.07) is 6.66. The maximum Gasteiger partial charge on any atom is 0.0233 e. The van der Waals surface area contributed by atoms with E-state index in [1.807, 2.05) is 6.08 Å². The molecule has 81 valence electrons. The van der Waals surface area contributed by atoms with Gasteiger partial charge in [-0.15, -0.1) is 6.58 Å². The van der Waals surface area contributed by atoms with Crippen molar-refractivity contribution in [1.82, 2.24) is 0 Å². The summed E-state index contributed by atoms with van der Waals surface area (Å²) < 4.78 is 0. The summed E-state index contributed by atoms with van der Waals surface area (Å²) >= 11 is 0. The summed E-state index contributed by atoms with van der Waals surface area (Å²) in [6.45, 7) is 14.8. The first-order valence-electron chi connectivity index (χ1n) is 5.43. The van der Waals surface area contributed by atoms with Gasteiger partial charge in [-0.1, -0.05) is 57.5 Å². The van der Waals surface area contributed by atoms with Crippen LogP contribution in [0.3, 0.4) is 0 Å². The van der Waals surface area contributed by atoms with Crippen LogP contribution in [0.1, 0.15) is 44.4 Å². The van der Waals surface area contributed by atoms with Crippen molar-refractivity contribution >= 4 is 0 Å². The Bertz CT molecular complexity index is 353. The molecule has 0 aromatic heterocycles. The van der Waals surface area contributed by atoms with Crippen LogP contribution in [0.2, 0.25) is 0 Å². The van der Waals surface area contributed by atoms with Crippen LogP contribution < -0.4 is 0 Å². The van der Waals surface area contributed by atoms with E-state index in [-0.39, 0.29) is 5.41 Å². The molecule has 1 radical (unpaired) electrons. The highest BCUT2D eigenvalue weighted by atomic mass is 14.2. The number of rotatable bonds is 2. The molecule has 0 saturated heterocycles. The lowest BCUT2D eigenvalue weighted by Crippen LogP contribution is -2.15. The molecule has 0 spiro atoms. The molecule has 0 heteroatoms. The van der Waals surface area contributed by atoms with Gasteiger partial charge < -0.3 is 0 Å². The van der Waals surface area contributed by atoms with E-state index in [0.717, 1.165) is 0 Å². The summed E-state index contributed by atoms with van der Waals surface area (Å²) in [5.74, 6) is 1.25. The molecular formula is C15H21. The maximum absolute atomic E-state index is 3.85. The SMILES string of the molecule is C=C[C](C)c1cc(C)ccc1C(C)(C)C. The molecule has 1 aromatic rings. The van der Waals surface area contributed by atoms with Gasteiger partial charge >= 0.3 is 0 Å². The lowest BCUT2D eigenvalue weighted by Gasteiger charge is -2.25. The van der Waals surface area contributed by atoms with Gasteiger partial charge in [0.2, 0.25) is 0 Å². The van der Waals surface area contributed by atoms with E-state index in [4.69, 9.17) is 0 Å². The van der Waals surface area contributed by atoms with Gasteiger partial charge in [0.1, 0.15) is 0 Å². The molecule has 0 aliphatic heterocycles. The minimum Gasteiger partial charge on any atom is -0.102 e. The largest absolute Gasteiger partial charge is 0.102 e. The lowest BCUT2D eigenvalue weighted by atomic mass is 9.80. The Hall–Kier alpha value is -1.04. The van der Waals surface area contributed by atoms with Crippen molar-refractivity contribution in [2.24, 2.45) is 0 Å². The molecule has 0 amide bonds. The second kappa shape index (κ2) is 4.22. The Labute approximate surface area is 94.0 Å². The van der Waals surface area contributed by atoms with Gasteiger partial charge in [-0.05, 0) is 23.5 Å². The van der Waals surface area contributed by atoms with E-state index in [1.165, 1.54) is 22.6 Å². The highest BCUT2D eigenvalue weighted by Crippen LogP contribution is 2.31. The first-order chi connectivity index (χ1) is 6.86. The third-order valence-corrected chi connectivity index (χ3v) is 2.71. The van der Waals surface area contributed by atoms with Crippen molar-refractivity contribution in [3.63, 3.8) is 0 Å². The summed E-state index contributed by atoms with van der Waals surface area (Å²) in [7, 11) is 0. The Morgan fingerprint density at radius 2 is 1.87 bits per heavy atom. The molecule has 1 aromatic carbocycles. The van der Waals surface area contributed by atoms with Crippen LogP contribution >= 0.6 is 0 Å². The predicted molar refractivity (Wildman–Crippen MR) is 68.1 cm³/mol.